The first-order chi connectivity index (χ1) is 10.3. The van der Waals surface area contributed by atoms with Crippen LogP contribution in [-0.2, 0) is 9.53 Å². The predicted octanol–water partition coefficient (Wildman–Crippen LogP) is 1.91. The van der Waals surface area contributed by atoms with E-state index in [0.29, 0.717) is 5.75 Å². The molecule has 1 atom stereocenters. The minimum Gasteiger partial charge on any atom is -0.496 e. The number of ether oxygens (including phenoxy) is 2. The number of carbonyl (C=O) groups is 2. The maximum Gasteiger partial charge on any atom is 0.342 e. The molecule has 1 aromatic rings. The van der Waals surface area contributed by atoms with Crippen LogP contribution in [0.15, 0.2) is 24.3 Å². The lowest BCUT2D eigenvalue weighted by Gasteiger charge is -2.27. The Kier molecular flexibility index (Phi) is 5.93. The summed E-state index contributed by atoms with van der Waals surface area (Å²) in [5.74, 6) is -0.889. The van der Waals surface area contributed by atoms with E-state index in [1.165, 1.54) is 7.11 Å². The molecule has 0 spiro atoms. The molecule has 1 aromatic carbocycles. The zero-order chi connectivity index (χ0) is 16.8. The summed E-state index contributed by atoms with van der Waals surface area (Å²) in [4.78, 5) is 23.8. The van der Waals surface area contributed by atoms with Crippen molar-refractivity contribution in [3.8, 4) is 11.8 Å². The number of nitrogens with one attached hydrogen (secondary N) is 1. The van der Waals surface area contributed by atoms with Gasteiger partial charge in [0.05, 0.1) is 13.2 Å². The first-order valence-electron chi connectivity index (χ1n) is 6.86. The average molecular weight is 304 g/mol. The van der Waals surface area contributed by atoms with Crippen LogP contribution in [0, 0.1) is 17.2 Å². The molecule has 22 heavy (non-hydrogen) atoms. The molecule has 0 aromatic heterocycles. The Balaban J connectivity index is 2.65. The largest absolute Gasteiger partial charge is 0.496 e. The number of nitriles is 1. The van der Waals surface area contributed by atoms with Gasteiger partial charge in [0, 0.05) is 0 Å². The molecule has 1 amide bonds. The molecule has 0 saturated carbocycles. The number of carbonyl (C=O) groups excluding carboxylic acids is 2. The van der Waals surface area contributed by atoms with Gasteiger partial charge in [-0.05, 0) is 25.0 Å². The fraction of sp³-hybridized carbons (Fsp3) is 0.438. The van der Waals surface area contributed by atoms with Crippen molar-refractivity contribution in [3.05, 3.63) is 29.8 Å². The Bertz CT molecular complexity index is 592. The molecule has 6 nitrogen and oxygen atoms in total. The van der Waals surface area contributed by atoms with Crippen molar-refractivity contribution in [1.29, 1.82) is 5.26 Å². The maximum absolute atomic E-state index is 12.0. The molecule has 0 aliphatic carbocycles. The molecule has 0 aliphatic rings. The van der Waals surface area contributed by atoms with E-state index in [4.69, 9.17) is 14.7 Å². The van der Waals surface area contributed by atoms with E-state index < -0.39 is 24.0 Å². The lowest BCUT2D eigenvalue weighted by molar-refractivity contribution is -0.125. The summed E-state index contributed by atoms with van der Waals surface area (Å²) in [7, 11) is 1.44. The molecular formula is C16H20N2O4. The van der Waals surface area contributed by atoms with Gasteiger partial charge in [-0.3, -0.25) is 4.79 Å². The molecule has 118 valence electrons. The summed E-state index contributed by atoms with van der Waals surface area (Å²) in [6.45, 7) is 4.81. The van der Waals surface area contributed by atoms with Crippen LogP contribution in [0.1, 0.15) is 31.1 Å². The second-order valence-corrected chi connectivity index (χ2v) is 5.29. The monoisotopic (exact) mass is 304 g/mol. The van der Waals surface area contributed by atoms with E-state index in [2.05, 4.69) is 11.4 Å². The average Bonchev–Trinajstić information content (AvgIpc) is 2.52. The van der Waals surface area contributed by atoms with Crippen LogP contribution in [0.4, 0.5) is 0 Å². The highest BCUT2D eigenvalue weighted by Crippen LogP contribution is 2.18. The molecule has 0 fully saturated rings. The number of benzene rings is 1. The fourth-order valence-corrected chi connectivity index (χ4v) is 1.65. The van der Waals surface area contributed by atoms with Crippen LogP contribution in [0.2, 0.25) is 0 Å². The zero-order valence-electron chi connectivity index (χ0n) is 13.2. The number of nitrogens with zero attached hydrogens (tertiary/aromatic N) is 1. The Hall–Kier alpha value is -2.55. The molecule has 0 aliphatic heterocycles. The maximum atomic E-state index is 12.0. The second kappa shape index (κ2) is 7.46. The van der Waals surface area contributed by atoms with Gasteiger partial charge in [0.2, 0.25) is 0 Å². The predicted molar refractivity (Wildman–Crippen MR) is 80.3 cm³/mol. The van der Waals surface area contributed by atoms with E-state index in [1.807, 2.05) is 13.8 Å². The van der Waals surface area contributed by atoms with E-state index in [-0.39, 0.29) is 11.5 Å². The smallest absolute Gasteiger partial charge is 0.342 e. The molecule has 1 rings (SSSR count). The third-order valence-electron chi connectivity index (χ3n) is 3.45. The topological polar surface area (TPSA) is 88.4 Å². The van der Waals surface area contributed by atoms with E-state index in [0.717, 1.165) is 0 Å². The van der Waals surface area contributed by atoms with Crippen LogP contribution < -0.4 is 10.1 Å². The zero-order valence-corrected chi connectivity index (χ0v) is 13.2. The van der Waals surface area contributed by atoms with Crippen molar-refractivity contribution in [1.82, 2.24) is 5.32 Å². The Morgan fingerprint density at radius 2 is 2.00 bits per heavy atom. The van der Waals surface area contributed by atoms with Crippen molar-refractivity contribution < 1.29 is 19.1 Å². The normalized spacial score (nSPS) is 12.9. The van der Waals surface area contributed by atoms with Gasteiger partial charge in [-0.1, -0.05) is 26.0 Å². The summed E-state index contributed by atoms with van der Waals surface area (Å²) in [5, 5.41) is 11.7. The van der Waals surface area contributed by atoms with Crippen molar-refractivity contribution >= 4 is 11.9 Å². The molecule has 0 saturated heterocycles. The first kappa shape index (κ1) is 17.5. The van der Waals surface area contributed by atoms with Crippen molar-refractivity contribution in [2.45, 2.75) is 26.3 Å². The summed E-state index contributed by atoms with van der Waals surface area (Å²) in [6, 6.07) is 8.63. The van der Waals surface area contributed by atoms with Crippen LogP contribution in [0.25, 0.3) is 0 Å². The number of rotatable bonds is 6. The first-order valence-corrected chi connectivity index (χ1v) is 6.86. The molecule has 0 heterocycles. The number of hydrogen-bond acceptors (Lipinski definition) is 5. The fourth-order valence-electron chi connectivity index (χ4n) is 1.65. The van der Waals surface area contributed by atoms with Gasteiger partial charge >= 0.3 is 5.97 Å². The molecule has 0 unspecified atom stereocenters. The van der Waals surface area contributed by atoms with Crippen LogP contribution in [0.3, 0.4) is 0 Å². The summed E-state index contributed by atoms with van der Waals surface area (Å²) >= 11 is 0. The van der Waals surface area contributed by atoms with Gasteiger partial charge in [-0.25, -0.2) is 4.79 Å². The minimum atomic E-state index is -1.01. The van der Waals surface area contributed by atoms with Gasteiger partial charge in [0.15, 0.2) is 6.61 Å². The van der Waals surface area contributed by atoms with Gasteiger partial charge in [0.25, 0.3) is 5.91 Å². The Morgan fingerprint density at radius 1 is 1.36 bits per heavy atom. The van der Waals surface area contributed by atoms with Crippen molar-refractivity contribution in [3.63, 3.8) is 0 Å². The Labute approximate surface area is 130 Å². The highest BCUT2D eigenvalue weighted by atomic mass is 16.5. The molecule has 0 bridgehead atoms. The number of amides is 1. The van der Waals surface area contributed by atoms with Crippen LogP contribution in [0.5, 0.6) is 5.75 Å². The SMILES string of the molecule is COc1ccccc1C(=O)OCC(=O)N[C@@](C)(C#N)C(C)C. The van der Waals surface area contributed by atoms with E-state index in [1.54, 1.807) is 31.2 Å². The summed E-state index contributed by atoms with van der Waals surface area (Å²) in [5.41, 5.74) is -0.766. The molecule has 0 radical (unpaired) electrons. The number of methoxy groups -OCH3 is 1. The lowest BCUT2D eigenvalue weighted by Crippen LogP contribution is -2.50. The van der Waals surface area contributed by atoms with Gasteiger partial charge in [-0.15, -0.1) is 0 Å². The summed E-state index contributed by atoms with van der Waals surface area (Å²) < 4.78 is 10.0. The van der Waals surface area contributed by atoms with E-state index >= 15 is 0 Å². The van der Waals surface area contributed by atoms with Crippen molar-refractivity contribution in [2.24, 2.45) is 5.92 Å². The Morgan fingerprint density at radius 3 is 2.55 bits per heavy atom. The number of hydrogen-bond donors (Lipinski definition) is 1. The highest BCUT2D eigenvalue weighted by molar-refractivity contribution is 5.94. The molecular weight excluding hydrogens is 284 g/mol. The summed E-state index contributed by atoms with van der Waals surface area (Å²) in [6.07, 6.45) is 0. The molecule has 1 N–H and O–H groups in total. The highest BCUT2D eigenvalue weighted by Gasteiger charge is 2.30. The lowest BCUT2D eigenvalue weighted by atomic mass is 9.90. The van der Waals surface area contributed by atoms with Gasteiger partial charge < -0.3 is 14.8 Å². The standard InChI is InChI=1S/C16H20N2O4/c1-11(2)16(3,10-17)18-14(19)9-22-15(20)12-7-5-6-8-13(12)21-4/h5-8,11H,9H2,1-4H3,(H,18,19)/t16-/m0/s1. The second-order valence-electron chi connectivity index (χ2n) is 5.29. The van der Waals surface area contributed by atoms with Gasteiger partial charge in [-0.2, -0.15) is 5.26 Å². The third-order valence-corrected chi connectivity index (χ3v) is 3.45. The minimum absolute atomic E-state index is 0.0774. The third kappa shape index (κ3) is 4.22. The van der Waals surface area contributed by atoms with Crippen molar-refractivity contribution in [2.75, 3.05) is 13.7 Å². The van der Waals surface area contributed by atoms with Crippen LogP contribution >= 0.6 is 0 Å². The number of para-hydroxylation sites is 1. The van der Waals surface area contributed by atoms with Crippen LogP contribution in [-0.4, -0.2) is 31.1 Å². The van der Waals surface area contributed by atoms with Gasteiger partial charge in [0.1, 0.15) is 16.9 Å². The quantitative estimate of drug-likeness (QED) is 0.811. The van der Waals surface area contributed by atoms with E-state index in [9.17, 15) is 9.59 Å². The molecule has 6 heteroatoms. The number of esters is 1.